The Morgan fingerprint density at radius 2 is 0.903 bits per heavy atom. The van der Waals surface area contributed by atoms with Gasteiger partial charge in [-0.3, -0.25) is 4.57 Å². The number of hydrogen-bond donors (Lipinski definition) is 0. The number of fused-ring (bicyclic) bond motifs is 10. The summed E-state index contributed by atoms with van der Waals surface area (Å²) >= 11 is 0. The van der Waals surface area contributed by atoms with E-state index in [9.17, 15) is 0 Å². The molecule has 0 saturated heterocycles. The zero-order valence-electron chi connectivity index (χ0n) is 33.4. The number of aromatic nitrogens is 5. The van der Waals surface area contributed by atoms with Gasteiger partial charge in [-0.1, -0.05) is 146 Å². The average Bonchev–Trinajstić information content (AvgIpc) is 4.12. The van der Waals surface area contributed by atoms with Crippen molar-refractivity contribution in [3.05, 3.63) is 212 Å². The van der Waals surface area contributed by atoms with Crippen LogP contribution in [0.4, 0.5) is 0 Å². The van der Waals surface area contributed by atoms with Crippen LogP contribution in [0.1, 0.15) is 0 Å². The largest absolute Gasteiger partial charge is 0.455 e. The first-order valence-electron chi connectivity index (χ1n) is 20.9. The van der Waals surface area contributed by atoms with E-state index in [4.69, 9.17) is 14.6 Å². The SMILES string of the molecule is c1ccc(-c2nnc(-c3cccc4c3c3ccccc3n4-c3ccc(-c4ccccc4-n4c5ccccc5c5c6oc7ccccc7c6ccc54)cc3)n2-c2ccccc2)cc1. The van der Waals surface area contributed by atoms with Crippen LogP contribution in [0.5, 0.6) is 0 Å². The minimum absolute atomic E-state index is 0.793. The molecule has 0 amide bonds. The highest BCUT2D eigenvalue weighted by molar-refractivity contribution is 6.24. The molecule has 0 spiro atoms. The van der Waals surface area contributed by atoms with Gasteiger partial charge in [0.2, 0.25) is 0 Å². The van der Waals surface area contributed by atoms with Crippen LogP contribution in [0.3, 0.4) is 0 Å². The van der Waals surface area contributed by atoms with Crippen molar-refractivity contribution in [2.45, 2.75) is 0 Å². The van der Waals surface area contributed by atoms with Crippen LogP contribution in [-0.2, 0) is 0 Å². The van der Waals surface area contributed by atoms with Gasteiger partial charge in [0, 0.05) is 55.0 Å². The lowest BCUT2D eigenvalue weighted by molar-refractivity contribution is 0.673. The summed E-state index contributed by atoms with van der Waals surface area (Å²) in [7, 11) is 0. The summed E-state index contributed by atoms with van der Waals surface area (Å²) in [5.74, 6) is 1.59. The summed E-state index contributed by atoms with van der Waals surface area (Å²) in [4.78, 5) is 0. The van der Waals surface area contributed by atoms with E-state index in [1.165, 1.54) is 5.39 Å². The van der Waals surface area contributed by atoms with E-state index in [2.05, 4.69) is 196 Å². The van der Waals surface area contributed by atoms with E-state index in [-0.39, 0.29) is 0 Å². The Bertz CT molecular complexity index is 3850. The lowest BCUT2D eigenvalue weighted by Crippen LogP contribution is -2.00. The lowest BCUT2D eigenvalue weighted by atomic mass is 10.0. The molecule has 0 saturated carbocycles. The van der Waals surface area contributed by atoms with Gasteiger partial charge >= 0.3 is 0 Å². The average molecular weight is 794 g/mol. The van der Waals surface area contributed by atoms with Crippen molar-refractivity contribution in [2.24, 2.45) is 0 Å². The normalized spacial score (nSPS) is 11.9. The number of furan rings is 1. The molecule has 0 aliphatic carbocycles. The van der Waals surface area contributed by atoms with Crippen LogP contribution in [0.25, 0.3) is 117 Å². The van der Waals surface area contributed by atoms with Crippen LogP contribution in [-0.4, -0.2) is 23.9 Å². The molecule has 0 aliphatic rings. The highest BCUT2D eigenvalue weighted by Gasteiger charge is 2.24. The third kappa shape index (κ3) is 5.04. The monoisotopic (exact) mass is 793 g/mol. The standard InChI is InChI=1S/C56H35N5O/c1-3-16-37(17-4-1)55-57-58-56(60(55)38-18-5-2-6-19-38)45-24-15-28-49-52(45)43-22-8-12-26-47(43)59(49)39-32-30-36(31-33-39)40-20-7-11-25-46(40)61-48-27-13-9-23-44(48)53-50(61)35-34-42-41-21-10-14-29-51(41)62-54(42)53/h1-35H. The fourth-order valence-electron chi connectivity index (χ4n) is 9.74. The molecule has 4 aromatic heterocycles. The number of nitrogens with zero attached hydrogens (tertiary/aromatic N) is 5. The van der Waals surface area contributed by atoms with Gasteiger partial charge in [0.1, 0.15) is 11.2 Å². The second kappa shape index (κ2) is 13.5. The van der Waals surface area contributed by atoms with E-state index in [1.54, 1.807) is 0 Å². The number of benzene rings is 9. The van der Waals surface area contributed by atoms with Crippen molar-refractivity contribution in [3.63, 3.8) is 0 Å². The molecular formula is C56H35N5O. The lowest BCUT2D eigenvalue weighted by Gasteiger charge is -2.15. The first-order chi connectivity index (χ1) is 30.8. The Labute approximate surface area is 355 Å². The molecule has 6 nitrogen and oxygen atoms in total. The number of rotatable bonds is 6. The van der Waals surface area contributed by atoms with E-state index in [1.807, 2.05) is 30.3 Å². The topological polar surface area (TPSA) is 53.7 Å². The van der Waals surface area contributed by atoms with Crippen molar-refractivity contribution in [3.8, 4) is 51.0 Å². The van der Waals surface area contributed by atoms with Crippen LogP contribution in [0.2, 0.25) is 0 Å². The first kappa shape index (κ1) is 34.4. The summed E-state index contributed by atoms with van der Waals surface area (Å²) in [5.41, 5.74) is 13.8. The quantitative estimate of drug-likeness (QED) is 0.168. The molecule has 9 aromatic carbocycles. The summed E-state index contributed by atoms with van der Waals surface area (Å²) in [6, 6.07) is 75.0. The summed E-state index contributed by atoms with van der Waals surface area (Å²) in [6.45, 7) is 0. The second-order valence-corrected chi connectivity index (χ2v) is 15.8. The highest BCUT2D eigenvalue weighted by atomic mass is 16.3. The molecule has 0 N–H and O–H groups in total. The molecule has 4 heterocycles. The minimum atomic E-state index is 0.793. The Hall–Kier alpha value is -8.48. The van der Waals surface area contributed by atoms with Gasteiger partial charge < -0.3 is 13.6 Å². The van der Waals surface area contributed by atoms with Crippen molar-refractivity contribution >= 4 is 65.6 Å². The van der Waals surface area contributed by atoms with Crippen LogP contribution >= 0.6 is 0 Å². The van der Waals surface area contributed by atoms with E-state index < -0.39 is 0 Å². The van der Waals surface area contributed by atoms with Crippen molar-refractivity contribution < 1.29 is 4.42 Å². The minimum Gasteiger partial charge on any atom is -0.455 e. The third-order valence-corrected chi connectivity index (χ3v) is 12.4. The first-order valence-corrected chi connectivity index (χ1v) is 20.9. The summed E-state index contributed by atoms with van der Waals surface area (Å²) < 4.78 is 13.5. The fourth-order valence-corrected chi connectivity index (χ4v) is 9.74. The van der Waals surface area contributed by atoms with Gasteiger partial charge in [-0.15, -0.1) is 10.2 Å². The fraction of sp³-hybridized carbons (Fsp3) is 0. The Morgan fingerprint density at radius 3 is 1.71 bits per heavy atom. The van der Waals surface area contributed by atoms with Crippen LogP contribution in [0.15, 0.2) is 217 Å². The van der Waals surface area contributed by atoms with Gasteiger partial charge in [-0.05, 0) is 72.3 Å². The maximum Gasteiger partial charge on any atom is 0.169 e. The van der Waals surface area contributed by atoms with Crippen molar-refractivity contribution in [1.82, 2.24) is 23.9 Å². The molecule has 290 valence electrons. The van der Waals surface area contributed by atoms with Crippen molar-refractivity contribution in [1.29, 1.82) is 0 Å². The van der Waals surface area contributed by atoms with E-state index in [0.29, 0.717) is 0 Å². The summed E-state index contributed by atoms with van der Waals surface area (Å²) in [6.07, 6.45) is 0. The molecule has 0 radical (unpaired) electrons. The Kier molecular flexibility index (Phi) is 7.50. The molecule has 6 heteroatoms. The van der Waals surface area contributed by atoms with Crippen molar-refractivity contribution in [2.75, 3.05) is 0 Å². The van der Waals surface area contributed by atoms with E-state index in [0.717, 1.165) is 111 Å². The van der Waals surface area contributed by atoms with Gasteiger partial charge in [0.05, 0.1) is 33.1 Å². The molecule has 0 unspecified atom stereocenters. The Balaban J connectivity index is 0.969. The van der Waals surface area contributed by atoms with Crippen LogP contribution < -0.4 is 0 Å². The Morgan fingerprint density at radius 1 is 0.323 bits per heavy atom. The van der Waals surface area contributed by atoms with E-state index >= 15 is 0 Å². The number of para-hydroxylation sites is 5. The molecular weight excluding hydrogens is 759 g/mol. The second-order valence-electron chi connectivity index (χ2n) is 15.8. The molecule has 0 fully saturated rings. The smallest absolute Gasteiger partial charge is 0.169 e. The molecule has 13 rings (SSSR count). The maximum atomic E-state index is 6.60. The molecule has 0 aliphatic heterocycles. The van der Waals surface area contributed by atoms with Gasteiger partial charge in [0.25, 0.3) is 0 Å². The molecule has 0 bridgehead atoms. The maximum absolute atomic E-state index is 6.60. The summed E-state index contributed by atoms with van der Waals surface area (Å²) in [5, 5.41) is 16.6. The highest BCUT2D eigenvalue weighted by Crippen LogP contribution is 2.43. The zero-order chi connectivity index (χ0) is 40.7. The third-order valence-electron chi connectivity index (χ3n) is 12.4. The number of hydrogen-bond acceptors (Lipinski definition) is 3. The molecule has 13 aromatic rings. The molecule has 62 heavy (non-hydrogen) atoms. The van der Waals surface area contributed by atoms with Gasteiger partial charge in [-0.25, -0.2) is 0 Å². The zero-order valence-corrected chi connectivity index (χ0v) is 33.4. The van der Waals surface area contributed by atoms with Crippen LogP contribution in [0, 0.1) is 0 Å². The predicted octanol–water partition coefficient (Wildman–Crippen LogP) is 14.4. The van der Waals surface area contributed by atoms with Gasteiger partial charge in [0.15, 0.2) is 11.6 Å². The molecule has 0 atom stereocenters. The van der Waals surface area contributed by atoms with Gasteiger partial charge in [-0.2, -0.15) is 0 Å². The predicted molar refractivity (Wildman–Crippen MR) is 254 cm³/mol.